The number of nitrogens with one attached hydrogen (secondary N) is 1. The lowest BCUT2D eigenvalue weighted by molar-refractivity contribution is -0.161. The molecule has 1 N–H and O–H groups in total. The van der Waals surface area contributed by atoms with E-state index in [0.29, 0.717) is 17.1 Å². The Balaban J connectivity index is 1.72. The number of hydrogen-bond donors (Lipinski definition) is 1. The molecule has 3 rings (SSSR count). The predicted octanol–water partition coefficient (Wildman–Crippen LogP) is 4.44. The maximum Gasteiger partial charge on any atom is 0.348 e. The lowest BCUT2D eigenvalue weighted by Crippen LogP contribution is -2.32. The first-order valence-electron chi connectivity index (χ1n) is 8.84. The van der Waals surface area contributed by atoms with Crippen LogP contribution in [0, 0.1) is 6.92 Å². The van der Waals surface area contributed by atoms with Crippen LogP contribution in [0.25, 0.3) is 0 Å². The quantitative estimate of drug-likeness (QED) is 0.526. The van der Waals surface area contributed by atoms with Crippen LogP contribution >= 0.6 is 15.9 Å². The van der Waals surface area contributed by atoms with E-state index in [-0.39, 0.29) is 5.82 Å². The Labute approximate surface area is 176 Å². The first kappa shape index (κ1) is 20.6. The number of anilines is 1. The zero-order chi connectivity index (χ0) is 20.8. The van der Waals surface area contributed by atoms with Crippen molar-refractivity contribution in [3.05, 3.63) is 76.5 Å². The van der Waals surface area contributed by atoms with Gasteiger partial charge in [0.1, 0.15) is 11.5 Å². The molecule has 2 aromatic carbocycles. The van der Waals surface area contributed by atoms with E-state index >= 15 is 0 Å². The molecule has 150 valence electrons. The number of benzene rings is 2. The minimum absolute atomic E-state index is 0.239. The van der Waals surface area contributed by atoms with Crippen molar-refractivity contribution in [1.82, 2.24) is 5.16 Å². The smallest absolute Gasteiger partial charge is 0.348 e. The molecule has 2 atom stereocenters. The Morgan fingerprint density at radius 2 is 1.79 bits per heavy atom. The van der Waals surface area contributed by atoms with Gasteiger partial charge in [-0.3, -0.25) is 4.79 Å². The van der Waals surface area contributed by atoms with E-state index in [1.807, 2.05) is 0 Å². The molecule has 3 aromatic rings. The van der Waals surface area contributed by atoms with Gasteiger partial charge in [-0.05, 0) is 38.1 Å². The molecule has 0 aliphatic carbocycles. The first-order valence-corrected chi connectivity index (χ1v) is 9.63. The van der Waals surface area contributed by atoms with Gasteiger partial charge >= 0.3 is 5.97 Å². The number of carbonyl (C=O) groups excluding carboxylic acids is 2. The Bertz CT molecular complexity index is 972. The highest BCUT2D eigenvalue weighted by Crippen LogP contribution is 2.22. The number of amides is 1. The summed E-state index contributed by atoms with van der Waals surface area (Å²) in [5, 5.41) is 6.33. The summed E-state index contributed by atoms with van der Waals surface area (Å²) in [4.78, 5) is 25.3. The van der Waals surface area contributed by atoms with Crippen molar-refractivity contribution < 1.29 is 23.6 Å². The first-order chi connectivity index (χ1) is 13.9. The lowest BCUT2D eigenvalue weighted by Gasteiger charge is -2.20. The fraction of sp³-hybridized carbons (Fsp3) is 0.190. The van der Waals surface area contributed by atoms with Crippen molar-refractivity contribution in [1.29, 1.82) is 0 Å². The van der Waals surface area contributed by atoms with Crippen LogP contribution < -0.4 is 10.1 Å². The van der Waals surface area contributed by atoms with Gasteiger partial charge in [-0.15, -0.1) is 0 Å². The summed E-state index contributed by atoms with van der Waals surface area (Å²) in [6.07, 6.45) is -2.08. The molecular weight excluding hydrogens is 440 g/mol. The minimum Gasteiger partial charge on any atom is -0.479 e. The van der Waals surface area contributed by atoms with Gasteiger partial charge in [0.2, 0.25) is 6.10 Å². The SMILES string of the molecule is Cc1cc(NC(=O)[C@H](OC(=O)[C@H](C)Oc2ccc(Br)cc2)c2ccccc2)no1. The molecule has 0 bridgehead atoms. The van der Waals surface area contributed by atoms with Gasteiger partial charge in [0.05, 0.1) is 0 Å². The number of aryl methyl sites for hydroxylation is 1. The minimum atomic E-state index is -1.17. The largest absolute Gasteiger partial charge is 0.479 e. The van der Waals surface area contributed by atoms with Crippen LogP contribution in [0.4, 0.5) is 5.82 Å². The summed E-state index contributed by atoms with van der Waals surface area (Å²) in [6.45, 7) is 3.27. The van der Waals surface area contributed by atoms with E-state index in [1.165, 1.54) is 0 Å². The third-order valence-electron chi connectivity index (χ3n) is 3.91. The van der Waals surface area contributed by atoms with Crippen molar-refractivity contribution >= 4 is 33.6 Å². The maximum atomic E-state index is 12.8. The summed E-state index contributed by atoms with van der Waals surface area (Å²) >= 11 is 3.34. The Hall–Kier alpha value is -3.13. The van der Waals surface area contributed by atoms with Crippen molar-refractivity contribution in [3.63, 3.8) is 0 Å². The Morgan fingerprint density at radius 3 is 2.41 bits per heavy atom. The van der Waals surface area contributed by atoms with Crippen LogP contribution in [0.3, 0.4) is 0 Å². The number of halogens is 1. The number of esters is 1. The van der Waals surface area contributed by atoms with Crippen molar-refractivity contribution in [2.45, 2.75) is 26.1 Å². The van der Waals surface area contributed by atoms with E-state index in [9.17, 15) is 9.59 Å². The summed E-state index contributed by atoms with van der Waals surface area (Å²) in [5.74, 6) is 0.0760. The molecule has 7 nitrogen and oxygen atoms in total. The second-order valence-electron chi connectivity index (χ2n) is 6.25. The van der Waals surface area contributed by atoms with E-state index in [0.717, 1.165) is 4.47 Å². The highest BCUT2D eigenvalue weighted by atomic mass is 79.9. The molecule has 29 heavy (non-hydrogen) atoms. The number of rotatable bonds is 7. The van der Waals surface area contributed by atoms with Crippen molar-refractivity contribution in [2.75, 3.05) is 5.32 Å². The third-order valence-corrected chi connectivity index (χ3v) is 4.44. The summed E-state index contributed by atoms with van der Waals surface area (Å²) < 4.78 is 16.9. The van der Waals surface area contributed by atoms with Crippen LogP contribution in [-0.4, -0.2) is 23.1 Å². The normalized spacial score (nSPS) is 12.7. The molecule has 0 saturated heterocycles. The number of aromatic nitrogens is 1. The Kier molecular flexibility index (Phi) is 6.66. The molecule has 0 aliphatic heterocycles. The number of carbonyl (C=O) groups is 2. The highest BCUT2D eigenvalue weighted by molar-refractivity contribution is 9.10. The molecule has 1 heterocycles. The van der Waals surface area contributed by atoms with E-state index in [2.05, 4.69) is 26.4 Å². The summed E-state index contributed by atoms with van der Waals surface area (Å²) in [6, 6.07) is 17.3. The second kappa shape index (κ2) is 9.38. The predicted molar refractivity (Wildman–Crippen MR) is 109 cm³/mol. The Morgan fingerprint density at radius 1 is 1.10 bits per heavy atom. The van der Waals surface area contributed by atoms with Gasteiger partial charge in [0, 0.05) is 16.1 Å². The third kappa shape index (κ3) is 5.68. The average molecular weight is 459 g/mol. The highest BCUT2D eigenvalue weighted by Gasteiger charge is 2.29. The summed E-state index contributed by atoms with van der Waals surface area (Å²) in [5.41, 5.74) is 0.523. The van der Waals surface area contributed by atoms with Gasteiger partial charge in [-0.25, -0.2) is 4.79 Å². The van der Waals surface area contributed by atoms with Gasteiger partial charge in [-0.2, -0.15) is 0 Å². The van der Waals surface area contributed by atoms with E-state index in [4.69, 9.17) is 14.0 Å². The van der Waals surface area contributed by atoms with Crippen LogP contribution in [0.1, 0.15) is 24.4 Å². The van der Waals surface area contributed by atoms with Crippen LogP contribution in [0.2, 0.25) is 0 Å². The average Bonchev–Trinajstić information content (AvgIpc) is 3.12. The van der Waals surface area contributed by atoms with Crippen LogP contribution in [0.15, 0.2) is 69.7 Å². The van der Waals surface area contributed by atoms with Crippen molar-refractivity contribution in [2.24, 2.45) is 0 Å². The molecule has 1 aromatic heterocycles. The lowest BCUT2D eigenvalue weighted by atomic mass is 10.1. The zero-order valence-electron chi connectivity index (χ0n) is 15.8. The molecule has 1 amide bonds. The van der Waals surface area contributed by atoms with Crippen LogP contribution in [0.5, 0.6) is 5.75 Å². The van der Waals surface area contributed by atoms with Crippen LogP contribution in [-0.2, 0) is 14.3 Å². The summed E-state index contributed by atoms with van der Waals surface area (Å²) in [7, 11) is 0. The van der Waals surface area contributed by atoms with Crippen molar-refractivity contribution in [3.8, 4) is 5.75 Å². The monoisotopic (exact) mass is 458 g/mol. The molecule has 0 spiro atoms. The molecule has 0 unspecified atom stereocenters. The van der Waals surface area contributed by atoms with Gasteiger partial charge in [0.15, 0.2) is 11.9 Å². The molecule has 0 saturated carbocycles. The molecule has 8 heteroatoms. The number of nitrogens with zero attached hydrogens (tertiary/aromatic N) is 1. The molecule has 0 fully saturated rings. The fourth-order valence-corrected chi connectivity index (χ4v) is 2.76. The number of hydrogen-bond acceptors (Lipinski definition) is 6. The van der Waals surface area contributed by atoms with Gasteiger partial charge in [0.25, 0.3) is 5.91 Å². The van der Waals surface area contributed by atoms with E-state index < -0.39 is 24.1 Å². The topological polar surface area (TPSA) is 90.7 Å². The van der Waals surface area contributed by atoms with Gasteiger partial charge in [-0.1, -0.05) is 51.4 Å². The zero-order valence-corrected chi connectivity index (χ0v) is 17.4. The van der Waals surface area contributed by atoms with E-state index in [1.54, 1.807) is 74.5 Å². The standard InChI is InChI=1S/C21H19BrN2O5/c1-13-12-18(24-29-13)23-20(25)19(15-6-4-3-5-7-15)28-21(26)14(2)27-17-10-8-16(22)9-11-17/h3-12,14,19H,1-2H3,(H,23,24,25)/t14-,19+/m0/s1. The molecular formula is C21H19BrN2O5. The fourth-order valence-electron chi connectivity index (χ4n) is 2.50. The molecule has 0 radical (unpaired) electrons. The number of ether oxygens (including phenoxy) is 2. The van der Waals surface area contributed by atoms with Gasteiger partial charge < -0.3 is 19.3 Å². The molecule has 0 aliphatic rings. The maximum absolute atomic E-state index is 12.8. The second-order valence-corrected chi connectivity index (χ2v) is 7.17.